The molecule has 0 unspecified atom stereocenters. The zero-order valence-electron chi connectivity index (χ0n) is 32.1. The van der Waals surface area contributed by atoms with Gasteiger partial charge in [-0.25, -0.2) is 0 Å². The van der Waals surface area contributed by atoms with Crippen molar-refractivity contribution in [2.24, 2.45) is 45.8 Å². The molecule has 3 aliphatic heterocycles. The smallest absolute Gasteiger partial charge is 0.287 e. The van der Waals surface area contributed by atoms with Gasteiger partial charge in [0.25, 0.3) is 5.91 Å². The van der Waals surface area contributed by atoms with Crippen molar-refractivity contribution in [2.75, 3.05) is 19.6 Å². The average Bonchev–Trinajstić information content (AvgIpc) is 3.87. The lowest BCUT2D eigenvalue weighted by atomic mass is 9.75. The maximum Gasteiger partial charge on any atom is 0.287 e. The van der Waals surface area contributed by atoms with Crippen molar-refractivity contribution in [3.8, 4) is 0 Å². The van der Waals surface area contributed by atoms with Crippen LogP contribution in [-0.4, -0.2) is 76.6 Å². The maximum absolute atomic E-state index is 14.5. The standard InChI is InChI=1S/C41H65N3O6/c1-39(2,3)28(24-43-19-18-40(4,5)23-33(43)47)22-30(45)20-27-15-13-11-9-8-10-12-14-26(36(48)37(49)42-29-16-17-29)21-32(46)35-34-31(41(34,6)7)25-44(35)38(27)50/h26-29,31,34-35H,8-25H2,1-7H3,(H,42,49)/t26-,27-,28-,31+,34+,35-/m1/s1. The van der Waals surface area contributed by atoms with Gasteiger partial charge < -0.3 is 15.1 Å². The van der Waals surface area contributed by atoms with Gasteiger partial charge in [0, 0.05) is 63.2 Å². The molecule has 1 N–H and O–H groups in total. The summed E-state index contributed by atoms with van der Waals surface area (Å²) in [5.41, 5.74) is -0.273. The summed E-state index contributed by atoms with van der Waals surface area (Å²) < 4.78 is 0. The van der Waals surface area contributed by atoms with E-state index < -0.39 is 29.6 Å². The van der Waals surface area contributed by atoms with E-state index in [9.17, 15) is 28.8 Å². The van der Waals surface area contributed by atoms with Crippen LogP contribution in [0.15, 0.2) is 0 Å². The third-order valence-electron chi connectivity index (χ3n) is 13.1. The molecule has 0 aromatic rings. The van der Waals surface area contributed by atoms with Crippen molar-refractivity contribution in [1.29, 1.82) is 0 Å². The first-order valence-corrected chi connectivity index (χ1v) is 19.9. The van der Waals surface area contributed by atoms with Gasteiger partial charge in [-0.05, 0) is 66.1 Å². The van der Waals surface area contributed by atoms with Gasteiger partial charge in [0.05, 0.1) is 6.04 Å². The second-order valence-electron chi connectivity index (χ2n) is 19.2. The number of piperidine rings is 2. The number of carbonyl (C=O) groups is 6. The zero-order chi connectivity index (χ0) is 36.6. The topological polar surface area (TPSA) is 121 Å². The van der Waals surface area contributed by atoms with Crippen LogP contribution in [0, 0.1) is 45.8 Å². The number of likely N-dealkylation sites (tertiary alicyclic amines) is 1. The van der Waals surface area contributed by atoms with Crippen molar-refractivity contribution in [1.82, 2.24) is 15.1 Å². The van der Waals surface area contributed by atoms with Gasteiger partial charge >= 0.3 is 0 Å². The molecule has 0 radical (unpaired) electrons. The fourth-order valence-electron chi connectivity index (χ4n) is 9.19. The number of Topliss-reactive ketones (excluding diaryl/α,β-unsaturated/α-hetero) is 3. The highest BCUT2D eigenvalue weighted by Crippen LogP contribution is 2.65. The number of nitrogens with zero attached hydrogens (tertiary/aromatic N) is 2. The molecule has 6 atom stereocenters. The molecule has 5 rings (SSSR count). The fraction of sp³-hybridized carbons (Fsp3) is 0.854. The summed E-state index contributed by atoms with van der Waals surface area (Å²) in [7, 11) is 0. The monoisotopic (exact) mass is 695 g/mol. The molecule has 280 valence electrons. The van der Waals surface area contributed by atoms with Crippen LogP contribution in [0.1, 0.15) is 145 Å². The zero-order valence-corrected chi connectivity index (χ0v) is 32.1. The van der Waals surface area contributed by atoms with E-state index in [1.807, 2.05) is 4.90 Å². The third kappa shape index (κ3) is 9.25. The van der Waals surface area contributed by atoms with Crippen LogP contribution in [0.4, 0.5) is 0 Å². The first-order chi connectivity index (χ1) is 23.4. The number of ketones is 3. The van der Waals surface area contributed by atoms with E-state index in [0.29, 0.717) is 45.3 Å². The number of rotatable bonds is 9. The Hall–Kier alpha value is -2.58. The summed E-state index contributed by atoms with van der Waals surface area (Å²) in [5.74, 6) is -2.06. The highest BCUT2D eigenvalue weighted by molar-refractivity contribution is 6.37. The maximum atomic E-state index is 14.5. The molecule has 3 heterocycles. The molecule has 0 aromatic carbocycles. The summed E-state index contributed by atoms with van der Waals surface area (Å²) in [6.45, 7) is 16.7. The van der Waals surface area contributed by atoms with Gasteiger partial charge in [0.1, 0.15) is 5.78 Å². The molecule has 3 amide bonds. The fourth-order valence-corrected chi connectivity index (χ4v) is 9.19. The normalized spacial score (nSPS) is 31.2. The largest absolute Gasteiger partial charge is 0.347 e. The van der Waals surface area contributed by atoms with Crippen LogP contribution in [-0.2, 0) is 28.8 Å². The van der Waals surface area contributed by atoms with E-state index in [2.05, 4.69) is 53.8 Å². The Labute approximate surface area is 300 Å². The molecule has 0 spiro atoms. The van der Waals surface area contributed by atoms with Crippen molar-refractivity contribution < 1.29 is 28.8 Å². The molecule has 9 nitrogen and oxygen atoms in total. The Bertz CT molecular complexity index is 1330. The van der Waals surface area contributed by atoms with Gasteiger partial charge in [-0.3, -0.25) is 28.8 Å². The lowest BCUT2D eigenvalue weighted by molar-refractivity contribution is -0.146. The number of nitrogens with one attached hydrogen (secondary N) is 1. The molecule has 2 saturated carbocycles. The molecular weight excluding hydrogens is 630 g/mol. The third-order valence-corrected chi connectivity index (χ3v) is 13.1. The van der Waals surface area contributed by atoms with Crippen molar-refractivity contribution in [2.45, 2.75) is 157 Å². The van der Waals surface area contributed by atoms with Gasteiger partial charge in [0.15, 0.2) is 5.78 Å². The highest BCUT2D eigenvalue weighted by atomic mass is 16.2. The van der Waals surface area contributed by atoms with Crippen LogP contribution >= 0.6 is 0 Å². The lowest BCUT2D eigenvalue weighted by Crippen LogP contribution is -2.49. The number of fused-ring (bicyclic) bond motifs is 3. The number of hydrogen-bond acceptors (Lipinski definition) is 6. The quantitative estimate of drug-likeness (QED) is 0.283. The summed E-state index contributed by atoms with van der Waals surface area (Å²) in [4.78, 5) is 85.6. The van der Waals surface area contributed by atoms with Crippen LogP contribution in [0.25, 0.3) is 0 Å². The molecule has 0 aromatic heterocycles. The first kappa shape index (κ1) is 38.6. The van der Waals surface area contributed by atoms with Crippen molar-refractivity contribution >= 4 is 35.1 Å². The molecule has 5 aliphatic rings. The minimum Gasteiger partial charge on any atom is -0.347 e. The number of carbonyl (C=O) groups excluding carboxylic acids is 6. The number of amides is 3. The second kappa shape index (κ2) is 15.2. The molecule has 0 bridgehead atoms. The highest BCUT2D eigenvalue weighted by Gasteiger charge is 2.69. The molecule has 3 saturated heterocycles. The van der Waals surface area contributed by atoms with E-state index in [1.165, 1.54) is 0 Å². The lowest BCUT2D eigenvalue weighted by Gasteiger charge is -2.41. The Morgan fingerprint density at radius 3 is 2.16 bits per heavy atom. The molecular formula is C41H65N3O6. The Morgan fingerprint density at radius 2 is 1.54 bits per heavy atom. The van der Waals surface area contributed by atoms with Crippen LogP contribution in [0.5, 0.6) is 0 Å². The second-order valence-corrected chi connectivity index (χ2v) is 19.2. The summed E-state index contributed by atoms with van der Waals surface area (Å²) >= 11 is 0. The summed E-state index contributed by atoms with van der Waals surface area (Å²) in [6.07, 6.45) is 10.3. The van der Waals surface area contributed by atoms with Crippen molar-refractivity contribution in [3.05, 3.63) is 0 Å². The molecule has 2 aliphatic carbocycles. The van der Waals surface area contributed by atoms with Gasteiger partial charge in [-0.1, -0.05) is 87.0 Å². The Balaban J connectivity index is 1.32. The van der Waals surface area contributed by atoms with Crippen LogP contribution < -0.4 is 5.32 Å². The molecule has 50 heavy (non-hydrogen) atoms. The van der Waals surface area contributed by atoms with Gasteiger partial charge in [0.2, 0.25) is 17.6 Å². The van der Waals surface area contributed by atoms with Crippen LogP contribution in [0.3, 0.4) is 0 Å². The minimum atomic E-state index is -0.672. The SMILES string of the molecule is CC1(C)CCN(C[C@@H](CC(=O)C[C@H]2CCCCCCCC[C@@H](C(=O)C(=O)NC3CC3)CC(=O)[C@@H]3[C@@H]4[C@H](CN3C2=O)C4(C)C)C(C)(C)C)C(=O)C1. The van der Waals surface area contributed by atoms with Gasteiger partial charge in [-0.15, -0.1) is 0 Å². The Morgan fingerprint density at radius 1 is 0.900 bits per heavy atom. The average molecular weight is 696 g/mol. The summed E-state index contributed by atoms with van der Waals surface area (Å²) in [6, 6.07) is -0.554. The summed E-state index contributed by atoms with van der Waals surface area (Å²) in [5, 5.41) is 2.82. The molecule has 9 heteroatoms. The predicted octanol–water partition coefficient (Wildman–Crippen LogP) is 6.30. The Kier molecular flexibility index (Phi) is 11.7. The van der Waals surface area contributed by atoms with Crippen molar-refractivity contribution in [3.63, 3.8) is 0 Å². The predicted molar refractivity (Wildman–Crippen MR) is 193 cm³/mol. The van der Waals surface area contributed by atoms with E-state index in [0.717, 1.165) is 57.8 Å². The van der Waals surface area contributed by atoms with E-state index in [1.54, 1.807) is 4.90 Å². The number of hydrogen-bond donors (Lipinski definition) is 1. The molecule has 5 fully saturated rings. The van der Waals surface area contributed by atoms with Gasteiger partial charge in [-0.2, -0.15) is 0 Å². The van der Waals surface area contributed by atoms with E-state index in [4.69, 9.17) is 0 Å². The minimum absolute atomic E-state index is 0.00228. The van der Waals surface area contributed by atoms with Crippen LogP contribution in [0.2, 0.25) is 0 Å². The van der Waals surface area contributed by atoms with E-state index >= 15 is 0 Å². The van der Waals surface area contributed by atoms with E-state index in [-0.39, 0.29) is 76.3 Å². The first-order valence-electron chi connectivity index (χ1n) is 19.9.